The molecule has 2 aliphatic heterocycles. The Morgan fingerprint density at radius 1 is 0.724 bits per heavy atom. The van der Waals surface area contributed by atoms with Crippen LogP contribution in [0, 0.1) is 0 Å². The van der Waals surface area contributed by atoms with E-state index in [1.807, 2.05) is 6.07 Å². The Morgan fingerprint density at radius 3 is 1.86 bits per heavy atom. The van der Waals surface area contributed by atoms with Crippen LogP contribution in [0.3, 0.4) is 0 Å². The van der Waals surface area contributed by atoms with E-state index in [9.17, 15) is 27.0 Å². The number of ether oxygens (including phenoxy) is 8. The Balaban J connectivity index is 1.49. The number of azide groups is 1. The number of carbonyl (C=O) groups is 1. The number of hydrogen-bond donors (Lipinski definition) is 3. The molecule has 15 nitrogen and oxygen atoms in total. The molecular weight excluding hydrogens is 750 g/mol. The van der Waals surface area contributed by atoms with Crippen molar-refractivity contribution in [2.24, 2.45) is 5.11 Å². The normalized spacial score (nSPS) is 29.5. The predicted octanol–water partition coefficient (Wildman–Crippen LogP) is 5.52. The van der Waals surface area contributed by atoms with Crippen LogP contribution >= 0.6 is 0 Å². The van der Waals surface area contributed by atoms with Crippen molar-refractivity contribution in [3.63, 3.8) is 0 Å². The van der Waals surface area contributed by atoms with Crippen LogP contribution in [-0.2, 0) is 62.4 Å². The molecule has 3 aromatic carbocycles. The molecule has 0 spiro atoms. The maximum Gasteiger partial charge on any atom is 0.305 e. The number of aliphatic hydroxyl groups is 3. The molecule has 0 aliphatic carbocycles. The minimum absolute atomic E-state index is 0.156. The second kappa shape index (κ2) is 24.8. The van der Waals surface area contributed by atoms with Crippen molar-refractivity contribution in [1.29, 1.82) is 0 Å². The third-order valence-electron chi connectivity index (χ3n) is 9.80. The lowest BCUT2D eigenvalue weighted by molar-refractivity contribution is -0.363. The van der Waals surface area contributed by atoms with E-state index < -0.39 is 87.7 Å². The van der Waals surface area contributed by atoms with Crippen molar-refractivity contribution < 1.29 is 62.1 Å². The standard InChI is InChI=1S/C43H57N3O12/c1-51-35(48)23-15-4-2-3-5-16-24-53-43-41(58-42-36(45-46-44)38(50)37(49)33(25-47)56-42)40(55-28-32-21-13-8-14-22-32)39(54-27-31-19-11-7-12-20-31)34(57-43)29-52-26-30-17-9-6-10-18-30/h6-14,17-22,33-34,36-43,47,49-50H,2-5,15-16,23-29H2,1H3/t33-,34-,36+,37-,38-,39-,40+,41+,42-,43?/m1/s1/i26D,27D,28D/t26?,27?,28?,33-,34-,36+,37-,38-,39-,40+,41+,42-,43?. The highest BCUT2D eigenvalue weighted by molar-refractivity contribution is 5.68. The third kappa shape index (κ3) is 13.8. The fourth-order valence-corrected chi connectivity index (χ4v) is 6.66. The van der Waals surface area contributed by atoms with E-state index in [4.69, 9.17) is 40.6 Å². The van der Waals surface area contributed by atoms with E-state index >= 15 is 0 Å². The van der Waals surface area contributed by atoms with Crippen molar-refractivity contribution in [3.05, 3.63) is 118 Å². The summed E-state index contributed by atoms with van der Waals surface area (Å²) < 4.78 is 76.4. The Kier molecular flexibility index (Phi) is 17.5. The zero-order valence-electron chi connectivity index (χ0n) is 35.6. The van der Waals surface area contributed by atoms with Crippen LogP contribution in [0.4, 0.5) is 0 Å². The molecule has 5 rings (SSSR count). The monoisotopic (exact) mass is 810 g/mol. The first-order valence-corrected chi connectivity index (χ1v) is 19.6. The van der Waals surface area contributed by atoms with Gasteiger partial charge >= 0.3 is 5.97 Å². The molecule has 4 unspecified atom stereocenters. The van der Waals surface area contributed by atoms with Crippen LogP contribution in [-0.4, -0.2) is 110 Å². The number of carbonyl (C=O) groups excluding carboxylic acids is 1. The summed E-state index contributed by atoms with van der Waals surface area (Å²) in [6, 6.07) is 24.9. The van der Waals surface area contributed by atoms with Crippen molar-refractivity contribution >= 4 is 5.97 Å². The zero-order valence-corrected chi connectivity index (χ0v) is 32.6. The van der Waals surface area contributed by atoms with Gasteiger partial charge in [0.1, 0.15) is 42.7 Å². The Hall–Kier alpha value is -3.96. The third-order valence-corrected chi connectivity index (χ3v) is 9.80. The molecule has 0 saturated carbocycles. The van der Waals surface area contributed by atoms with E-state index in [-0.39, 0.29) is 19.2 Å². The fourth-order valence-electron chi connectivity index (χ4n) is 6.66. The van der Waals surface area contributed by atoms with Gasteiger partial charge in [0.25, 0.3) is 0 Å². The Labute approximate surface area is 343 Å². The predicted molar refractivity (Wildman–Crippen MR) is 211 cm³/mol. The number of methoxy groups -OCH3 is 1. The van der Waals surface area contributed by atoms with Gasteiger partial charge in [0, 0.05) is 17.9 Å². The van der Waals surface area contributed by atoms with Gasteiger partial charge in [0.2, 0.25) is 0 Å². The lowest BCUT2D eigenvalue weighted by atomic mass is 9.96. The molecule has 15 heteroatoms. The summed E-state index contributed by atoms with van der Waals surface area (Å²) in [4.78, 5) is 14.3. The highest BCUT2D eigenvalue weighted by Crippen LogP contribution is 2.35. The van der Waals surface area contributed by atoms with Crippen molar-refractivity contribution in [2.75, 3.05) is 26.9 Å². The highest BCUT2D eigenvalue weighted by atomic mass is 16.8. The van der Waals surface area contributed by atoms with Crippen molar-refractivity contribution in [1.82, 2.24) is 0 Å². The van der Waals surface area contributed by atoms with Crippen LogP contribution in [0.15, 0.2) is 96.1 Å². The molecule has 0 radical (unpaired) electrons. The van der Waals surface area contributed by atoms with E-state index in [1.165, 1.54) is 7.11 Å². The van der Waals surface area contributed by atoms with Gasteiger partial charge in [0.05, 0.1) is 50.3 Å². The number of nitrogens with zero attached hydrogens (tertiary/aromatic N) is 3. The van der Waals surface area contributed by atoms with E-state index in [1.54, 1.807) is 84.9 Å². The second-order valence-corrected chi connectivity index (χ2v) is 14.0. The molecule has 13 atom stereocenters. The van der Waals surface area contributed by atoms with E-state index in [0.717, 1.165) is 32.1 Å². The molecule has 0 amide bonds. The first-order valence-electron chi connectivity index (χ1n) is 21.4. The topological polar surface area (TPSA) is 200 Å². The molecule has 2 saturated heterocycles. The molecule has 316 valence electrons. The Bertz CT molecular complexity index is 1760. The van der Waals surface area contributed by atoms with Crippen LogP contribution < -0.4 is 0 Å². The van der Waals surface area contributed by atoms with E-state index in [0.29, 0.717) is 29.5 Å². The molecule has 2 aliphatic rings. The number of benzene rings is 3. The smallest absolute Gasteiger partial charge is 0.305 e. The highest BCUT2D eigenvalue weighted by Gasteiger charge is 2.53. The van der Waals surface area contributed by atoms with E-state index in [2.05, 4.69) is 10.0 Å². The summed E-state index contributed by atoms with van der Waals surface area (Å²) in [5.41, 5.74) is 11.0. The Morgan fingerprint density at radius 2 is 1.28 bits per heavy atom. The first kappa shape index (κ1) is 40.8. The summed E-state index contributed by atoms with van der Waals surface area (Å²) in [6.07, 6.45) is -7.58. The van der Waals surface area contributed by atoms with Gasteiger partial charge in [-0.1, -0.05) is 122 Å². The van der Waals surface area contributed by atoms with Crippen LogP contribution in [0.2, 0.25) is 0 Å². The minimum atomic E-state index is -1.72. The second-order valence-electron chi connectivity index (χ2n) is 14.0. The molecule has 58 heavy (non-hydrogen) atoms. The lowest BCUT2D eigenvalue weighted by Gasteiger charge is -2.48. The fraction of sp³-hybridized carbons (Fsp3) is 0.558. The molecule has 2 heterocycles. The SMILES string of the molecule is [2H]C(OC[C@H]1OC(OCCCCCCCCC(=O)OC)[C@@H](O[C@H]2O[C@H](CO)[C@@H](O)[C@H](O)[C@@H]2N=[N+]=[N-])[C@@H](OC([2H])c2ccccc2)[C@@H]1OC([2H])c1ccccc1)c1ccccc1. The van der Waals surface area contributed by atoms with Gasteiger partial charge in [-0.15, -0.1) is 0 Å². The quantitative estimate of drug-likeness (QED) is 0.0337. The molecule has 0 bridgehead atoms. The molecule has 2 fully saturated rings. The zero-order chi connectivity index (χ0) is 43.6. The lowest BCUT2D eigenvalue weighted by Crippen LogP contribution is -2.65. The first-order chi connectivity index (χ1) is 29.6. The van der Waals surface area contributed by atoms with Gasteiger partial charge in [-0.3, -0.25) is 4.79 Å². The molecular formula is C43H57N3O12. The number of rotatable bonds is 24. The molecule has 0 aromatic heterocycles. The van der Waals surface area contributed by atoms with Gasteiger partial charge in [0.15, 0.2) is 12.6 Å². The summed E-state index contributed by atoms with van der Waals surface area (Å²) in [7, 11) is 1.37. The number of hydrogen-bond acceptors (Lipinski definition) is 13. The van der Waals surface area contributed by atoms with Crippen LogP contribution in [0.1, 0.15) is 65.7 Å². The average molecular weight is 811 g/mol. The number of unbranched alkanes of at least 4 members (excludes halogenated alkanes) is 5. The van der Waals surface area contributed by atoms with Gasteiger partial charge in [-0.05, 0) is 35.1 Å². The maximum absolute atomic E-state index is 11.5. The van der Waals surface area contributed by atoms with Crippen molar-refractivity contribution in [2.45, 2.75) is 126 Å². The maximum atomic E-state index is 11.5. The summed E-state index contributed by atoms with van der Waals surface area (Å²) in [5, 5.41) is 35.5. The average Bonchev–Trinajstić information content (AvgIpc) is 3.29. The minimum Gasteiger partial charge on any atom is -0.469 e. The van der Waals surface area contributed by atoms with Crippen LogP contribution in [0.5, 0.6) is 0 Å². The largest absolute Gasteiger partial charge is 0.469 e. The van der Waals surface area contributed by atoms with Crippen molar-refractivity contribution in [3.8, 4) is 0 Å². The molecule has 3 aromatic rings. The van der Waals surface area contributed by atoms with Gasteiger partial charge in [-0.2, -0.15) is 0 Å². The van der Waals surface area contributed by atoms with Gasteiger partial charge in [-0.25, -0.2) is 0 Å². The number of aliphatic hydroxyl groups excluding tert-OH is 3. The van der Waals surface area contributed by atoms with Crippen LogP contribution in [0.25, 0.3) is 10.4 Å². The summed E-state index contributed by atoms with van der Waals surface area (Å²) in [6.45, 7) is -4.61. The number of esters is 1. The molecule has 3 N–H and O–H groups in total. The van der Waals surface area contributed by atoms with Gasteiger partial charge < -0.3 is 53.2 Å². The summed E-state index contributed by atoms with van der Waals surface area (Å²) in [5.74, 6) is -0.240. The summed E-state index contributed by atoms with van der Waals surface area (Å²) >= 11 is 0.